The molecule has 0 unspecified atom stereocenters. The van der Waals surface area contributed by atoms with E-state index in [1.54, 1.807) is 12.4 Å². The average Bonchev–Trinajstić information content (AvgIpc) is 2.34. The Bertz CT molecular complexity index is 488. The number of alkyl halides is 2. The van der Waals surface area contributed by atoms with Crippen LogP contribution in [0.25, 0.3) is 11.0 Å². The minimum Gasteiger partial charge on any atom is -0.312 e. The second-order valence-corrected chi connectivity index (χ2v) is 3.74. The summed E-state index contributed by atoms with van der Waals surface area (Å²) in [5.41, 5.74) is 2.68. The molecule has 0 saturated carbocycles. The van der Waals surface area contributed by atoms with E-state index in [4.69, 9.17) is 0 Å². The Morgan fingerprint density at radius 3 is 2.65 bits per heavy atom. The van der Waals surface area contributed by atoms with E-state index in [2.05, 4.69) is 15.3 Å². The Morgan fingerprint density at radius 2 is 1.88 bits per heavy atom. The molecular weight excluding hydrogens is 224 g/mol. The third kappa shape index (κ3) is 3.42. The first kappa shape index (κ1) is 11.9. The lowest BCUT2D eigenvalue weighted by Crippen LogP contribution is -2.16. The first-order valence-electron chi connectivity index (χ1n) is 5.44. The molecule has 2 rings (SSSR count). The van der Waals surface area contributed by atoms with Gasteiger partial charge in [-0.1, -0.05) is 6.07 Å². The Balaban J connectivity index is 1.95. The van der Waals surface area contributed by atoms with E-state index in [1.165, 1.54) is 0 Å². The van der Waals surface area contributed by atoms with Gasteiger partial charge in [-0.2, -0.15) is 0 Å². The molecule has 1 heterocycles. The van der Waals surface area contributed by atoms with Crippen molar-refractivity contribution in [3.8, 4) is 0 Å². The molecule has 3 nitrogen and oxygen atoms in total. The molecule has 0 atom stereocenters. The van der Waals surface area contributed by atoms with E-state index in [9.17, 15) is 8.78 Å². The number of hydrogen-bond donors (Lipinski definition) is 1. The van der Waals surface area contributed by atoms with Gasteiger partial charge in [0.2, 0.25) is 6.43 Å². The van der Waals surface area contributed by atoms with Crippen LogP contribution >= 0.6 is 0 Å². The maximum absolute atomic E-state index is 11.9. The highest BCUT2D eigenvalue weighted by atomic mass is 19.3. The number of nitrogens with one attached hydrogen (secondary N) is 1. The van der Waals surface area contributed by atoms with Crippen molar-refractivity contribution in [3.05, 3.63) is 36.2 Å². The molecular formula is C12H13F2N3. The third-order valence-corrected chi connectivity index (χ3v) is 2.40. The van der Waals surface area contributed by atoms with Crippen LogP contribution < -0.4 is 5.32 Å². The molecule has 17 heavy (non-hydrogen) atoms. The maximum Gasteiger partial charge on any atom is 0.239 e. The lowest BCUT2D eigenvalue weighted by Gasteiger charge is -2.05. The van der Waals surface area contributed by atoms with Gasteiger partial charge < -0.3 is 5.32 Å². The Hall–Kier alpha value is -1.62. The van der Waals surface area contributed by atoms with Crippen molar-refractivity contribution >= 4 is 11.0 Å². The molecule has 0 aliphatic heterocycles. The van der Waals surface area contributed by atoms with Crippen molar-refractivity contribution in [1.29, 1.82) is 0 Å². The van der Waals surface area contributed by atoms with Gasteiger partial charge in [-0.15, -0.1) is 0 Å². The average molecular weight is 237 g/mol. The fourth-order valence-electron chi connectivity index (χ4n) is 1.56. The van der Waals surface area contributed by atoms with E-state index in [0.29, 0.717) is 13.1 Å². The molecule has 0 radical (unpaired) electrons. The smallest absolute Gasteiger partial charge is 0.239 e. The summed E-state index contributed by atoms with van der Waals surface area (Å²) in [6.07, 6.45) is 0.914. The number of nitrogens with zero attached hydrogens (tertiary/aromatic N) is 2. The number of fused-ring (bicyclic) bond motifs is 1. The number of benzene rings is 1. The van der Waals surface area contributed by atoms with Crippen molar-refractivity contribution < 1.29 is 8.78 Å². The molecule has 0 amide bonds. The van der Waals surface area contributed by atoms with E-state index >= 15 is 0 Å². The summed E-state index contributed by atoms with van der Waals surface area (Å²) in [5, 5.41) is 2.97. The first-order valence-corrected chi connectivity index (χ1v) is 5.44. The van der Waals surface area contributed by atoms with E-state index in [0.717, 1.165) is 16.6 Å². The highest BCUT2D eigenvalue weighted by molar-refractivity contribution is 5.74. The van der Waals surface area contributed by atoms with Crippen molar-refractivity contribution in [1.82, 2.24) is 15.3 Å². The SMILES string of the molecule is FC(F)CCNCc1ccc2nccnc2c1. The normalized spacial score (nSPS) is 11.2. The zero-order valence-electron chi connectivity index (χ0n) is 9.24. The van der Waals surface area contributed by atoms with Gasteiger partial charge in [0.1, 0.15) is 0 Å². The molecule has 0 fully saturated rings. The summed E-state index contributed by atoms with van der Waals surface area (Å²) >= 11 is 0. The van der Waals surface area contributed by atoms with Crippen LogP contribution in [0.15, 0.2) is 30.6 Å². The number of aromatic nitrogens is 2. The summed E-state index contributed by atoms with van der Waals surface area (Å²) in [4.78, 5) is 8.35. The van der Waals surface area contributed by atoms with Gasteiger partial charge in [-0.25, -0.2) is 8.78 Å². The Morgan fingerprint density at radius 1 is 1.12 bits per heavy atom. The predicted octanol–water partition coefficient (Wildman–Crippen LogP) is 2.37. The van der Waals surface area contributed by atoms with Gasteiger partial charge in [0.05, 0.1) is 11.0 Å². The monoisotopic (exact) mass is 237 g/mol. The van der Waals surface area contributed by atoms with E-state index < -0.39 is 6.43 Å². The van der Waals surface area contributed by atoms with E-state index in [-0.39, 0.29) is 6.42 Å². The van der Waals surface area contributed by atoms with Crippen molar-refractivity contribution in [2.45, 2.75) is 19.4 Å². The summed E-state index contributed by atoms with van der Waals surface area (Å²) < 4.78 is 23.8. The summed E-state index contributed by atoms with van der Waals surface area (Å²) in [6, 6.07) is 5.72. The van der Waals surface area contributed by atoms with Crippen LogP contribution in [-0.2, 0) is 6.54 Å². The third-order valence-electron chi connectivity index (χ3n) is 2.40. The van der Waals surface area contributed by atoms with Gasteiger partial charge in [0.25, 0.3) is 0 Å². The molecule has 2 aromatic rings. The summed E-state index contributed by atoms with van der Waals surface area (Å²) in [5.74, 6) is 0. The van der Waals surface area contributed by atoms with Gasteiger partial charge in [-0.05, 0) is 17.7 Å². The molecule has 1 N–H and O–H groups in total. The second kappa shape index (κ2) is 5.63. The van der Waals surface area contributed by atoms with Crippen LogP contribution in [0.5, 0.6) is 0 Å². The first-order chi connectivity index (χ1) is 8.25. The number of halogens is 2. The van der Waals surface area contributed by atoms with Crippen molar-refractivity contribution in [3.63, 3.8) is 0 Å². The van der Waals surface area contributed by atoms with Crippen LogP contribution in [0.2, 0.25) is 0 Å². The number of hydrogen-bond acceptors (Lipinski definition) is 3. The Labute approximate surface area is 97.9 Å². The Kier molecular flexibility index (Phi) is 3.93. The van der Waals surface area contributed by atoms with Crippen LogP contribution in [-0.4, -0.2) is 22.9 Å². The maximum atomic E-state index is 11.9. The molecule has 0 bridgehead atoms. The van der Waals surface area contributed by atoms with Gasteiger partial charge >= 0.3 is 0 Å². The summed E-state index contributed by atoms with van der Waals surface area (Å²) in [7, 11) is 0. The van der Waals surface area contributed by atoms with E-state index in [1.807, 2.05) is 18.2 Å². The largest absolute Gasteiger partial charge is 0.312 e. The minimum atomic E-state index is -2.25. The highest BCUT2D eigenvalue weighted by Crippen LogP contribution is 2.10. The highest BCUT2D eigenvalue weighted by Gasteiger charge is 2.01. The topological polar surface area (TPSA) is 37.8 Å². The van der Waals surface area contributed by atoms with Crippen LogP contribution in [0.4, 0.5) is 8.78 Å². The lowest BCUT2D eigenvalue weighted by atomic mass is 10.2. The second-order valence-electron chi connectivity index (χ2n) is 3.74. The molecule has 1 aromatic carbocycles. The summed E-state index contributed by atoms with van der Waals surface area (Å²) in [6.45, 7) is 0.884. The fraction of sp³-hybridized carbons (Fsp3) is 0.333. The van der Waals surface area contributed by atoms with Crippen LogP contribution in [0.3, 0.4) is 0 Å². The number of rotatable bonds is 5. The van der Waals surface area contributed by atoms with Crippen molar-refractivity contribution in [2.24, 2.45) is 0 Å². The molecule has 1 aromatic heterocycles. The minimum absolute atomic E-state index is 0.118. The molecule has 5 heteroatoms. The quantitative estimate of drug-likeness (QED) is 0.811. The molecule has 0 aliphatic carbocycles. The lowest BCUT2D eigenvalue weighted by molar-refractivity contribution is 0.137. The molecule has 0 spiro atoms. The fourth-order valence-corrected chi connectivity index (χ4v) is 1.56. The van der Waals surface area contributed by atoms with Crippen LogP contribution in [0, 0.1) is 0 Å². The molecule has 0 aliphatic rings. The van der Waals surface area contributed by atoms with Gasteiger partial charge in [0, 0.05) is 31.9 Å². The zero-order chi connectivity index (χ0) is 12.1. The molecule has 90 valence electrons. The van der Waals surface area contributed by atoms with Crippen LogP contribution in [0.1, 0.15) is 12.0 Å². The molecule has 0 saturated heterocycles. The standard InChI is InChI=1S/C12H13F2N3/c13-12(14)3-4-15-8-9-1-2-10-11(7-9)17-6-5-16-10/h1-2,5-7,12,15H,3-4,8H2. The zero-order valence-corrected chi connectivity index (χ0v) is 9.24. The van der Waals surface area contributed by atoms with Gasteiger partial charge in [0.15, 0.2) is 0 Å². The van der Waals surface area contributed by atoms with Gasteiger partial charge in [-0.3, -0.25) is 9.97 Å². The predicted molar refractivity (Wildman–Crippen MR) is 61.9 cm³/mol. The van der Waals surface area contributed by atoms with Crippen molar-refractivity contribution in [2.75, 3.05) is 6.54 Å².